The fourth-order valence-corrected chi connectivity index (χ4v) is 5.75. The van der Waals surface area contributed by atoms with Crippen LogP contribution in [0.2, 0.25) is 0 Å². The number of carbonyl (C=O) groups excluding carboxylic acids is 2. The predicted octanol–water partition coefficient (Wildman–Crippen LogP) is 6.28. The maximum absolute atomic E-state index is 13.1. The van der Waals surface area contributed by atoms with E-state index in [0.717, 1.165) is 49.7 Å². The van der Waals surface area contributed by atoms with Crippen molar-refractivity contribution in [3.8, 4) is 0 Å². The van der Waals surface area contributed by atoms with Gasteiger partial charge in [-0.25, -0.2) is 4.79 Å². The number of carbonyl (C=O) groups is 2. The molecule has 0 amide bonds. The molecule has 0 unspecified atom stereocenters. The van der Waals surface area contributed by atoms with Gasteiger partial charge >= 0.3 is 5.97 Å². The lowest BCUT2D eigenvalue weighted by molar-refractivity contribution is -0.116. The van der Waals surface area contributed by atoms with Crippen molar-refractivity contribution in [3.05, 3.63) is 58.2 Å². The largest absolute Gasteiger partial charge is 0.450 e. The molecule has 1 heterocycles. The lowest BCUT2D eigenvalue weighted by Crippen LogP contribution is -2.41. The Kier molecular flexibility index (Phi) is 5.50. The summed E-state index contributed by atoms with van der Waals surface area (Å²) < 4.78 is 6.26. The number of Topliss-reactive ketones (excluding diaryl/α,β-unsaturated/α-hetero) is 1. The molecule has 0 bridgehead atoms. The van der Waals surface area contributed by atoms with E-state index in [1.807, 2.05) is 24.3 Å². The summed E-state index contributed by atoms with van der Waals surface area (Å²) in [6, 6.07) is 7.81. The van der Waals surface area contributed by atoms with Gasteiger partial charge in [0.2, 0.25) is 0 Å². The number of unbranched alkanes of at least 4 members (excludes halogenated alkanes) is 1. The first-order chi connectivity index (χ1) is 14.0. The second kappa shape index (κ2) is 7.93. The summed E-state index contributed by atoms with van der Waals surface area (Å²) in [6.07, 6.45) is 9.44. The molecule has 3 aliphatic rings. The van der Waals surface area contributed by atoms with Crippen molar-refractivity contribution in [2.24, 2.45) is 11.8 Å². The Bertz CT molecular complexity index is 891. The van der Waals surface area contributed by atoms with Crippen LogP contribution in [-0.2, 0) is 15.1 Å². The van der Waals surface area contributed by atoms with Crippen LogP contribution in [0.3, 0.4) is 0 Å². The molecule has 1 aromatic rings. The molecular formula is C26H32O3. The molecule has 3 heteroatoms. The highest BCUT2D eigenvalue weighted by Crippen LogP contribution is 2.54. The first-order valence-electron chi connectivity index (χ1n) is 11.3. The maximum atomic E-state index is 13.1. The average Bonchev–Trinajstić information content (AvgIpc) is 3.16. The lowest BCUT2D eigenvalue weighted by atomic mass is 9.66. The predicted molar refractivity (Wildman–Crippen MR) is 115 cm³/mol. The topological polar surface area (TPSA) is 43.4 Å². The fourth-order valence-electron chi connectivity index (χ4n) is 5.75. The van der Waals surface area contributed by atoms with E-state index < -0.39 is 5.60 Å². The number of fused-ring (bicyclic) bond motifs is 2. The minimum Gasteiger partial charge on any atom is -0.450 e. The summed E-state index contributed by atoms with van der Waals surface area (Å²) in [4.78, 5) is 25.9. The summed E-state index contributed by atoms with van der Waals surface area (Å²) in [7, 11) is 0. The third-order valence-electron chi connectivity index (χ3n) is 7.17. The number of ketones is 1. The fraction of sp³-hybridized carbons (Fsp3) is 0.538. The van der Waals surface area contributed by atoms with Gasteiger partial charge in [-0.1, -0.05) is 57.9 Å². The van der Waals surface area contributed by atoms with Crippen LogP contribution < -0.4 is 0 Å². The van der Waals surface area contributed by atoms with Crippen LogP contribution in [0.25, 0.3) is 0 Å². The molecule has 0 fully saturated rings. The third kappa shape index (κ3) is 3.29. The Morgan fingerprint density at radius 2 is 1.93 bits per heavy atom. The molecular weight excluding hydrogens is 360 g/mol. The van der Waals surface area contributed by atoms with E-state index in [1.54, 1.807) is 0 Å². The van der Waals surface area contributed by atoms with Crippen molar-refractivity contribution in [1.82, 2.24) is 0 Å². The van der Waals surface area contributed by atoms with Gasteiger partial charge in [0.25, 0.3) is 0 Å². The molecule has 3 nitrogen and oxygen atoms in total. The molecule has 0 saturated heterocycles. The molecule has 4 rings (SSSR count). The van der Waals surface area contributed by atoms with Crippen molar-refractivity contribution in [3.63, 3.8) is 0 Å². The highest BCUT2D eigenvalue weighted by atomic mass is 16.6. The van der Waals surface area contributed by atoms with Gasteiger partial charge in [-0.15, -0.1) is 0 Å². The zero-order chi connectivity index (χ0) is 20.6. The lowest BCUT2D eigenvalue weighted by Gasteiger charge is -2.42. The number of rotatable bonds is 4. The number of allylic oxidation sites excluding steroid dienone is 3. The zero-order valence-electron chi connectivity index (χ0n) is 17.9. The van der Waals surface area contributed by atoms with E-state index in [1.165, 1.54) is 11.1 Å². The van der Waals surface area contributed by atoms with Crippen molar-refractivity contribution in [1.29, 1.82) is 0 Å². The number of benzene rings is 1. The van der Waals surface area contributed by atoms with E-state index in [2.05, 4.69) is 26.8 Å². The first-order valence-corrected chi connectivity index (χ1v) is 11.3. The van der Waals surface area contributed by atoms with Gasteiger partial charge in [0.1, 0.15) is 5.60 Å². The highest BCUT2D eigenvalue weighted by Gasteiger charge is 2.54. The Morgan fingerprint density at radius 3 is 2.69 bits per heavy atom. The Labute approximate surface area is 174 Å². The van der Waals surface area contributed by atoms with E-state index in [0.29, 0.717) is 24.3 Å². The van der Waals surface area contributed by atoms with Crippen LogP contribution in [0.15, 0.2) is 47.1 Å². The summed E-state index contributed by atoms with van der Waals surface area (Å²) in [5.74, 6) is 0.646. The second-order valence-electron chi connectivity index (χ2n) is 8.99. The molecule has 1 spiro atoms. The van der Waals surface area contributed by atoms with Gasteiger partial charge in [-0.05, 0) is 48.8 Å². The number of hydrogen-bond donors (Lipinski definition) is 0. The smallest absolute Gasteiger partial charge is 0.339 e. The second-order valence-corrected chi connectivity index (χ2v) is 8.99. The molecule has 3 atom stereocenters. The maximum Gasteiger partial charge on any atom is 0.339 e. The summed E-state index contributed by atoms with van der Waals surface area (Å²) in [5, 5.41) is 0. The molecule has 154 valence electrons. The summed E-state index contributed by atoms with van der Waals surface area (Å²) >= 11 is 0. The van der Waals surface area contributed by atoms with Crippen LogP contribution >= 0.6 is 0 Å². The SMILES string of the molecule is CCC/C=C1\CC(=O)C2=C1CC[C@H](C)[C@@H](CCC)[C@]1(C2)OC(=O)c2ccccc21. The monoisotopic (exact) mass is 392 g/mol. The van der Waals surface area contributed by atoms with Crippen molar-refractivity contribution in [2.75, 3.05) is 0 Å². The molecule has 0 saturated carbocycles. The van der Waals surface area contributed by atoms with Gasteiger partial charge in [0.05, 0.1) is 5.56 Å². The third-order valence-corrected chi connectivity index (χ3v) is 7.17. The molecule has 0 radical (unpaired) electrons. The van der Waals surface area contributed by atoms with E-state index >= 15 is 0 Å². The molecule has 1 aliphatic heterocycles. The number of hydrogen-bond acceptors (Lipinski definition) is 3. The molecule has 1 aromatic carbocycles. The van der Waals surface area contributed by atoms with Crippen molar-refractivity contribution < 1.29 is 14.3 Å². The van der Waals surface area contributed by atoms with Crippen LogP contribution in [0.4, 0.5) is 0 Å². The van der Waals surface area contributed by atoms with Crippen LogP contribution in [-0.4, -0.2) is 11.8 Å². The minimum absolute atomic E-state index is 0.227. The number of ether oxygens (including phenoxy) is 1. The normalized spacial score (nSPS) is 30.4. The summed E-state index contributed by atoms with van der Waals surface area (Å²) in [6.45, 7) is 6.66. The molecule has 0 aromatic heterocycles. The Balaban J connectivity index is 1.87. The van der Waals surface area contributed by atoms with Gasteiger partial charge in [-0.3, -0.25) is 4.79 Å². The van der Waals surface area contributed by atoms with Crippen molar-refractivity contribution >= 4 is 11.8 Å². The quantitative estimate of drug-likeness (QED) is 0.566. The Hall–Kier alpha value is -2.16. The summed E-state index contributed by atoms with van der Waals surface area (Å²) in [5.41, 5.74) is 4.34. The molecule has 0 N–H and O–H groups in total. The van der Waals surface area contributed by atoms with E-state index in [4.69, 9.17) is 4.74 Å². The van der Waals surface area contributed by atoms with Gasteiger partial charge in [-0.2, -0.15) is 0 Å². The van der Waals surface area contributed by atoms with Crippen molar-refractivity contribution in [2.45, 2.75) is 77.7 Å². The minimum atomic E-state index is -0.708. The van der Waals surface area contributed by atoms with Crippen LogP contribution in [0, 0.1) is 11.8 Å². The van der Waals surface area contributed by atoms with Gasteiger partial charge < -0.3 is 4.74 Å². The van der Waals surface area contributed by atoms with Gasteiger partial charge in [0, 0.05) is 29.9 Å². The first kappa shape index (κ1) is 20.1. The standard InChI is InChI=1S/C26H32O3/c1-4-6-10-18-15-24(27)21-16-26(22(9-5-2)17(3)13-14-19(18)21)23-12-8-7-11-20(23)25(28)29-26/h7-8,10-12,17,22H,4-6,9,13-16H2,1-3H3/b18-10+/t17-,22+,26-/m0/s1. The van der Waals surface area contributed by atoms with Crippen LogP contribution in [0.1, 0.15) is 88.1 Å². The average molecular weight is 393 g/mol. The highest BCUT2D eigenvalue weighted by molar-refractivity contribution is 6.03. The van der Waals surface area contributed by atoms with Gasteiger partial charge in [0.15, 0.2) is 5.78 Å². The van der Waals surface area contributed by atoms with Crippen LogP contribution in [0.5, 0.6) is 0 Å². The number of esters is 1. The van der Waals surface area contributed by atoms with E-state index in [9.17, 15) is 9.59 Å². The zero-order valence-corrected chi connectivity index (χ0v) is 17.9. The molecule has 2 aliphatic carbocycles. The Morgan fingerprint density at radius 1 is 1.14 bits per heavy atom. The van der Waals surface area contributed by atoms with E-state index in [-0.39, 0.29) is 17.7 Å². The molecule has 29 heavy (non-hydrogen) atoms.